The van der Waals surface area contributed by atoms with Gasteiger partial charge in [-0.15, -0.1) is 0 Å². The quantitative estimate of drug-likeness (QED) is 0.917. The van der Waals surface area contributed by atoms with E-state index in [0.29, 0.717) is 17.0 Å². The summed E-state index contributed by atoms with van der Waals surface area (Å²) in [6, 6.07) is 13.1. The standard InChI is InChI=1S/C15H17NO4S/c1-16(14-8-3-4-9-15(14)20-2)21(18,19)13-7-5-6-12(10-13)11-17/h3-10,17H,11H2,1-2H3. The number of hydrogen-bond acceptors (Lipinski definition) is 4. The van der Waals surface area contributed by atoms with Gasteiger partial charge in [-0.3, -0.25) is 4.31 Å². The van der Waals surface area contributed by atoms with Crippen LogP contribution in [0.5, 0.6) is 5.75 Å². The average Bonchev–Trinajstić information content (AvgIpc) is 2.54. The van der Waals surface area contributed by atoms with Crippen molar-refractivity contribution in [1.82, 2.24) is 0 Å². The summed E-state index contributed by atoms with van der Waals surface area (Å²) in [5, 5.41) is 9.14. The molecule has 2 aromatic rings. The third-order valence-electron chi connectivity index (χ3n) is 3.16. The number of ether oxygens (including phenoxy) is 1. The van der Waals surface area contributed by atoms with Gasteiger partial charge in [0, 0.05) is 7.05 Å². The molecule has 0 heterocycles. The molecular formula is C15H17NO4S. The van der Waals surface area contributed by atoms with Crippen molar-refractivity contribution in [2.75, 3.05) is 18.5 Å². The largest absolute Gasteiger partial charge is 0.495 e. The Morgan fingerprint density at radius 1 is 1.14 bits per heavy atom. The molecule has 0 fully saturated rings. The van der Waals surface area contributed by atoms with Crippen LogP contribution in [0, 0.1) is 0 Å². The summed E-state index contributed by atoms with van der Waals surface area (Å²) in [6.45, 7) is -0.207. The number of aliphatic hydroxyl groups is 1. The lowest BCUT2D eigenvalue weighted by molar-refractivity contribution is 0.281. The third-order valence-corrected chi connectivity index (χ3v) is 4.93. The lowest BCUT2D eigenvalue weighted by atomic mass is 10.2. The molecule has 2 rings (SSSR count). The Bertz CT molecular complexity index is 728. The van der Waals surface area contributed by atoms with Gasteiger partial charge in [-0.25, -0.2) is 8.42 Å². The Hall–Kier alpha value is -2.05. The number of benzene rings is 2. The molecular weight excluding hydrogens is 290 g/mol. The summed E-state index contributed by atoms with van der Waals surface area (Å²) in [5.41, 5.74) is 0.999. The van der Waals surface area contributed by atoms with Gasteiger partial charge in [0.2, 0.25) is 0 Å². The topological polar surface area (TPSA) is 66.8 Å². The highest BCUT2D eigenvalue weighted by Gasteiger charge is 2.23. The highest BCUT2D eigenvalue weighted by atomic mass is 32.2. The SMILES string of the molecule is COc1ccccc1N(C)S(=O)(=O)c1cccc(CO)c1. The maximum atomic E-state index is 12.7. The van der Waals surface area contributed by atoms with Gasteiger partial charge >= 0.3 is 0 Å². The molecule has 0 atom stereocenters. The molecule has 0 bridgehead atoms. The van der Waals surface area contributed by atoms with Crippen molar-refractivity contribution >= 4 is 15.7 Å². The first kappa shape index (κ1) is 15.3. The third kappa shape index (κ3) is 3.01. The molecule has 0 saturated heterocycles. The number of anilines is 1. The van der Waals surface area contributed by atoms with Gasteiger partial charge in [-0.1, -0.05) is 24.3 Å². The van der Waals surface area contributed by atoms with Gasteiger partial charge in [-0.2, -0.15) is 0 Å². The van der Waals surface area contributed by atoms with Gasteiger partial charge in [0.25, 0.3) is 10.0 Å². The number of rotatable bonds is 5. The van der Waals surface area contributed by atoms with Gasteiger partial charge in [0.15, 0.2) is 0 Å². The number of para-hydroxylation sites is 2. The van der Waals surface area contributed by atoms with Crippen molar-refractivity contribution in [3.8, 4) is 5.75 Å². The van der Waals surface area contributed by atoms with E-state index in [1.165, 1.54) is 30.6 Å². The van der Waals surface area contributed by atoms with Gasteiger partial charge in [0.05, 0.1) is 24.3 Å². The second-order valence-corrected chi connectivity index (χ2v) is 6.42. The Labute approximate surface area is 124 Å². The molecule has 0 aliphatic heterocycles. The smallest absolute Gasteiger partial charge is 0.264 e. The zero-order valence-electron chi connectivity index (χ0n) is 11.9. The molecule has 112 valence electrons. The minimum absolute atomic E-state index is 0.127. The molecule has 6 heteroatoms. The van der Waals surface area contributed by atoms with Crippen LogP contribution in [-0.4, -0.2) is 27.7 Å². The van der Waals surface area contributed by atoms with Crippen LogP contribution in [0.25, 0.3) is 0 Å². The molecule has 0 aliphatic rings. The van der Waals surface area contributed by atoms with E-state index in [0.717, 1.165) is 0 Å². The molecule has 0 saturated carbocycles. The second-order valence-electron chi connectivity index (χ2n) is 4.45. The molecule has 0 amide bonds. The van der Waals surface area contributed by atoms with E-state index in [-0.39, 0.29) is 11.5 Å². The summed E-state index contributed by atoms with van der Waals surface area (Å²) in [6.07, 6.45) is 0. The number of aliphatic hydroxyl groups excluding tert-OH is 1. The summed E-state index contributed by atoms with van der Waals surface area (Å²) >= 11 is 0. The van der Waals surface area contributed by atoms with E-state index >= 15 is 0 Å². The fraction of sp³-hybridized carbons (Fsp3) is 0.200. The molecule has 21 heavy (non-hydrogen) atoms. The molecule has 0 aliphatic carbocycles. The number of hydrogen-bond donors (Lipinski definition) is 1. The zero-order chi connectivity index (χ0) is 15.5. The van der Waals surface area contributed by atoms with E-state index in [4.69, 9.17) is 9.84 Å². The Kier molecular flexibility index (Phi) is 4.50. The summed E-state index contributed by atoms with van der Waals surface area (Å²) < 4.78 is 31.7. The zero-order valence-corrected chi connectivity index (χ0v) is 12.7. The van der Waals surface area contributed by atoms with Crippen molar-refractivity contribution in [2.24, 2.45) is 0 Å². The Morgan fingerprint density at radius 2 is 1.86 bits per heavy atom. The monoisotopic (exact) mass is 307 g/mol. The molecule has 0 radical (unpaired) electrons. The first-order chi connectivity index (χ1) is 10.0. The molecule has 5 nitrogen and oxygen atoms in total. The summed E-state index contributed by atoms with van der Waals surface area (Å²) in [4.78, 5) is 0.127. The van der Waals surface area contributed by atoms with Crippen LogP contribution in [0.15, 0.2) is 53.4 Å². The minimum atomic E-state index is -3.71. The minimum Gasteiger partial charge on any atom is -0.495 e. The van der Waals surface area contributed by atoms with Crippen LogP contribution in [0.2, 0.25) is 0 Å². The van der Waals surface area contributed by atoms with E-state index in [1.54, 1.807) is 36.4 Å². The van der Waals surface area contributed by atoms with Crippen LogP contribution in [-0.2, 0) is 16.6 Å². The van der Waals surface area contributed by atoms with E-state index in [9.17, 15) is 8.42 Å². The fourth-order valence-corrected chi connectivity index (χ4v) is 3.26. The maximum absolute atomic E-state index is 12.7. The van der Waals surface area contributed by atoms with Crippen molar-refractivity contribution in [3.63, 3.8) is 0 Å². The van der Waals surface area contributed by atoms with Crippen molar-refractivity contribution < 1.29 is 18.3 Å². The maximum Gasteiger partial charge on any atom is 0.264 e. The van der Waals surface area contributed by atoms with Crippen molar-refractivity contribution in [1.29, 1.82) is 0 Å². The Morgan fingerprint density at radius 3 is 2.52 bits per heavy atom. The number of methoxy groups -OCH3 is 1. The van der Waals surface area contributed by atoms with E-state index in [1.807, 2.05) is 0 Å². The van der Waals surface area contributed by atoms with Crippen LogP contribution in [0.4, 0.5) is 5.69 Å². The van der Waals surface area contributed by atoms with E-state index < -0.39 is 10.0 Å². The van der Waals surface area contributed by atoms with Crippen LogP contribution >= 0.6 is 0 Å². The number of sulfonamides is 1. The predicted molar refractivity (Wildman–Crippen MR) is 80.9 cm³/mol. The predicted octanol–water partition coefficient (Wildman–Crippen LogP) is 2.01. The molecule has 1 N–H and O–H groups in total. The van der Waals surface area contributed by atoms with E-state index in [2.05, 4.69) is 0 Å². The van der Waals surface area contributed by atoms with Gasteiger partial charge < -0.3 is 9.84 Å². The Balaban J connectivity index is 2.47. The molecule has 0 aromatic heterocycles. The van der Waals surface area contributed by atoms with Crippen molar-refractivity contribution in [3.05, 3.63) is 54.1 Å². The second kappa shape index (κ2) is 6.15. The first-order valence-corrected chi connectivity index (χ1v) is 7.76. The highest BCUT2D eigenvalue weighted by molar-refractivity contribution is 7.92. The van der Waals surface area contributed by atoms with Crippen molar-refractivity contribution in [2.45, 2.75) is 11.5 Å². The molecule has 2 aromatic carbocycles. The molecule has 0 unspecified atom stereocenters. The van der Waals surface area contributed by atoms with Crippen LogP contribution in [0.3, 0.4) is 0 Å². The lowest BCUT2D eigenvalue weighted by Crippen LogP contribution is -2.27. The molecule has 0 spiro atoms. The van der Waals surface area contributed by atoms with Crippen LogP contribution in [0.1, 0.15) is 5.56 Å². The first-order valence-electron chi connectivity index (χ1n) is 6.32. The normalized spacial score (nSPS) is 11.2. The summed E-state index contributed by atoms with van der Waals surface area (Å²) in [7, 11) is -0.752. The lowest BCUT2D eigenvalue weighted by Gasteiger charge is -2.21. The highest BCUT2D eigenvalue weighted by Crippen LogP contribution is 2.30. The van der Waals surface area contributed by atoms with Crippen LogP contribution < -0.4 is 9.04 Å². The summed E-state index contributed by atoms with van der Waals surface area (Å²) in [5.74, 6) is 0.474. The van der Waals surface area contributed by atoms with Gasteiger partial charge in [0.1, 0.15) is 5.75 Å². The number of nitrogens with zero attached hydrogens (tertiary/aromatic N) is 1. The van der Waals surface area contributed by atoms with Gasteiger partial charge in [-0.05, 0) is 29.8 Å². The fourth-order valence-electron chi connectivity index (χ4n) is 1.98. The average molecular weight is 307 g/mol.